The fraction of sp³-hybridized carbons (Fsp3) is 0.700. The van der Waals surface area contributed by atoms with Crippen molar-refractivity contribution in [1.82, 2.24) is 0 Å². The van der Waals surface area contributed by atoms with Gasteiger partial charge in [-0.05, 0) is 93.2 Å². The normalized spacial score (nSPS) is 31.9. The summed E-state index contributed by atoms with van der Waals surface area (Å²) >= 11 is 0. The number of hydrogen-bond acceptors (Lipinski definition) is 3. The van der Waals surface area contributed by atoms with E-state index in [1.165, 1.54) is 62.5 Å². The van der Waals surface area contributed by atoms with Crippen LogP contribution in [-0.4, -0.2) is 12.1 Å². The molecule has 2 aliphatic carbocycles. The molecule has 1 aromatic rings. The predicted octanol–water partition coefficient (Wildman–Crippen LogP) is 3.39. The van der Waals surface area contributed by atoms with E-state index in [0.717, 1.165) is 30.4 Å². The van der Waals surface area contributed by atoms with Crippen LogP contribution in [0.15, 0.2) is 18.2 Å². The lowest BCUT2D eigenvalue weighted by atomic mass is 9.81. The zero-order chi connectivity index (χ0) is 16.2. The van der Waals surface area contributed by atoms with Gasteiger partial charge in [-0.1, -0.05) is 12.1 Å². The maximum absolute atomic E-state index is 6.35. The zero-order valence-electron chi connectivity index (χ0n) is 14.3. The number of anilines is 1. The third-order valence-electron chi connectivity index (χ3n) is 6.03. The van der Waals surface area contributed by atoms with Crippen molar-refractivity contribution in [2.75, 3.05) is 5.73 Å². The van der Waals surface area contributed by atoms with E-state index in [9.17, 15) is 0 Å². The van der Waals surface area contributed by atoms with Crippen LogP contribution in [0.4, 0.5) is 5.69 Å². The molecule has 128 valence electrons. The third-order valence-corrected chi connectivity index (χ3v) is 6.03. The zero-order valence-corrected chi connectivity index (χ0v) is 14.3. The summed E-state index contributed by atoms with van der Waals surface area (Å²) in [6, 6.07) is 7.65. The highest BCUT2D eigenvalue weighted by Crippen LogP contribution is 2.30. The van der Waals surface area contributed by atoms with Crippen LogP contribution >= 0.6 is 0 Å². The van der Waals surface area contributed by atoms with Crippen LogP contribution in [0, 0.1) is 11.8 Å². The van der Waals surface area contributed by atoms with Crippen molar-refractivity contribution in [1.29, 1.82) is 0 Å². The standard InChI is InChI=1S/C20H33N3/c21-18-7-2-14(3-8-18)11-16-1-6-17(20(23)13-16)12-15-4-9-19(22)10-5-15/h1,6,13-15,18-19H,2-5,7-12,21-23H2. The Morgan fingerprint density at radius 2 is 1.26 bits per heavy atom. The van der Waals surface area contributed by atoms with Gasteiger partial charge >= 0.3 is 0 Å². The second-order valence-corrected chi connectivity index (χ2v) is 8.00. The molecular formula is C20H33N3. The first kappa shape index (κ1) is 16.8. The first-order valence-corrected chi connectivity index (χ1v) is 9.48. The van der Waals surface area contributed by atoms with E-state index in [1.54, 1.807) is 0 Å². The van der Waals surface area contributed by atoms with E-state index in [1.807, 2.05) is 0 Å². The van der Waals surface area contributed by atoms with Crippen molar-refractivity contribution in [3.8, 4) is 0 Å². The minimum absolute atomic E-state index is 0.426. The van der Waals surface area contributed by atoms with Crippen molar-refractivity contribution >= 4 is 5.69 Å². The number of rotatable bonds is 4. The van der Waals surface area contributed by atoms with Gasteiger partial charge in [0.15, 0.2) is 0 Å². The minimum atomic E-state index is 0.426. The molecule has 0 spiro atoms. The van der Waals surface area contributed by atoms with Crippen LogP contribution in [-0.2, 0) is 12.8 Å². The number of nitrogen functional groups attached to an aromatic ring is 1. The summed E-state index contributed by atoms with van der Waals surface area (Å²) in [5.41, 5.74) is 22.1. The lowest BCUT2D eigenvalue weighted by molar-refractivity contribution is 0.324. The molecule has 6 N–H and O–H groups in total. The largest absolute Gasteiger partial charge is 0.398 e. The number of benzene rings is 1. The lowest BCUT2D eigenvalue weighted by Crippen LogP contribution is -2.27. The maximum atomic E-state index is 6.35. The summed E-state index contributed by atoms with van der Waals surface area (Å²) in [5, 5.41) is 0. The molecule has 0 saturated heterocycles. The van der Waals surface area contributed by atoms with Crippen molar-refractivity contribution in [2.45, 2.75) is 76.3 Å². The van der Waals surface area contributed by atoms with E-state index in [-0.39, 0.29) is 0 Å². The van der Waals surface area contributed by atoms with Crippen molar-refractivity contribution in [3.63, 3.8) is 0 Å². The van der Waals surface area contributed by atoms with Crippen LogP contribution in [0.1, 0.15) is 62.5 Å². The van der Waals surface area contributed by atoms with Crippen molar-refractivity contribution in [3.05, 3.63) is 29.3 Å². The van der Waals surface area contributed by atoms with E-state index in [0.29, 0.717) is 12.1 Å². The van der Waals surface area contributed by atoms with Crippen LogP contribution in [0.2, 0.25) is 0 Å². The SMILES string of the molecule is Nc1cc(CC2CCC(N)CC2)ccc1CC1CCC(N)CC1. The number of nitrogens with two attached hydrogens (primary N) is 3. The fourth-order valence-corrected chi connectivity index (χ4v) is 4.39. The molecule has 0 unspecified atom stereocenters. The van der Waals surface area contributed by atoms with E-state index in [2.05, 4.69) is 18.2 Å². The maximum Gasteiger partial charge on any atom is 0.0349 e. The lowest BCUT2D eigenvalue weighted by Gasteiger charge is -2.27. The molecule has 0 atom stereocenters. The summed E-state index contributed by atoms with van der Waals surface area (Å²) in [7, 11) is 0. The minimum Gasteiger partial charge on any atom is -0.398 e. The quantitative estimate of drug-likeness (QED) is 0.745. The fourth-order valence-electron chi connectivity index (χ4n) is 4.39. The Labute approximate surface area is 141 Å². The van der Waals surface area contributed by atoms with Gasteiger partial charge in [-0.2, -0.15) is 0 Å². The Morgan fingerprint density at radius 3 is 1.78 bits per heavy atom. The summed E-state index contributed by atoms with van der Waals surface area (Å²) in [6.07, 6.45) is 12.0. The smallest absolute Gasteiger partial charge is 0.0349 e. The van der Waals surface area contributed by atoms with Gasteiger partial charge in [0.1, 0.15) is 0 Å². The van der Waals surface area contributed by atoms with E-state index >= 15 is 0 Å². The Hall–Kier alpha value is -1.06. The van der Waals surface area contributed by atoms with Gasteiger partial charge < -0.3 is 17.2 Å². The Balaban J connectivity index is 1.55. The molecule has 2 fully saturated rings. The molecule has 1 aromatic carbocycles. The molecule has 3 nitrogen and oxygen atoms in total. The molecule has 0 aromatic heterocycles. The molecule has 3 heteroatoms. The number of hydrogen-bond donors (Lipinski definition) is 3. The van der Waals surface area contributed by atoms with Crippen LogP contribution in [0.5, 0.6) is 0 Å². The van der Waals surface area contributed by atoms with Crippen LogP contribution in [0.25, 0.3) is 0 Å². The molecule has 23 heavy (non-hydrogen) atoms. The highest BCUT2D eigenvalue weighted by molar-refractivity contribution is 5.49. The van der Waals surface area contributed by atoms with E-state index in [4.69, 9.17) is 17.2 Å². The molecule has 0 heterocycles. The molecule has 0 aliphatic heterocycles. The van der Waals surface area contributed by atoms with Gasteiger partial charge in [-0.25, -0.2) is 0 Å². The summed E-state index contributed by atoms with van der Waals surface area (Å²) in [4.78, 5) is 0. The van der Waals surface area contributed by atoms with Gasteiger partial charge in [0.25, 0.3) is 0 Å². The van der Waals surface area contributed by atoms with Gasteiger partial charge in [-0.3, -0.25) is 0 Å². The van der Waals surface area contributed by atoms with E-state index < -0.39 is 0 Å². The first-order valence-electron chi connectivity index (χ1n) is 9.48. The molecule has 2 aliphatic rings. The Morgan fingerprint density at radius 1 is 0.739 bits per heavy atom. The topological polar surface area (TPSA) is 78.1 Å². The molecule has 0 amide bonds. The Kier molecular flexibility index (Phi) is 5.60. The average Bonchev–Trinajstić information content (AvgIpc) is 2.54. The second kappa shape index (κ2) is 7.67. The third kappa shape index (κ3) is 4.71. The molecular weight excluding hydrogens is 282 g/mol. The van der Waals surface area contributed by atoms with Crippen LogP contribution < -0.4 is 17.2 Å². The van der Waals surface area contributed by atoms with Crippen LogP contribution in [0.3, 0.4) is 0 Å². The summed E-state index contributed by atoms with van der Waals surface area (Å²) in [5.74, 6) is 1.56. The van der Waals surface area contributed by atoms with Gasteiger partial charge in [0, 0.05) is 17.8 Å². The van der Waals surface area contributed by atoms with Crippen molar-refractivity contribution < 1.29 is 0 Å². The first-order chi connectivity index (χ1) is 11.1. The van der Waals surface area contributed by atoms with Gasteiger partial charge in [-0.15, -0.1) is 0 Å². The molecule has 3 rings (SSSR count). The molecule has 2 saturated carbocycles. The van der Waals surface area contributed by atoms with Gasteiger partial charge in [0.2, 0.25) is 0 Å². The highest BCUT2D eigenvalue weighted by atomic mass is 14.6. The average molecular weight is 316 g/mol. The highest BCUT2D eigenvalue weighted by Gasteiger charge is 2.21. The Bertz CT molecular complexity index is 498. The van der Waals surface area contributed by atoms with Gasteiger partial charge in [0.05, 0.1) is 0 Å². The monoisotopic (exact) mass is 315 g/mol. The summed E-state index contributed by atoms with van der Waals surface area (Å²) in [6.45, 7) is 0. The molecule has 0 radical (unpaired) electrons. The second-order valence-electron chi connectivity index (χ2n) is 8.00. The summed E-state index contributed by atoms with van der Waals surface area (Å²) < 4.78 is 0. The predicted molar refractivity (Wildman–Crippen MR) is 98.1 cm³/mol. The molecule has 0 bridgehead atoms. The van der Waals surface area contributed by atoms with Crippen molar-refractivity contribution in [2.24, 2.45) is 23.3 Å².